The molecule has 0 saturated heterocycles. The molecule has 1 saturated carbocycles. The molecule has 1 aliphatic rings. The van der Waals surface area contributed by atoms with E-state index in [1.807, 2.05) is 42.9 Å². The summed E-state index contributed by atoms with van der Waals surface area (Å²) >= 11 is 1.48. The van der Waals surface area contributed by atoms with E-state index >= 15 is 0 Å². The summed E-state index contributed by atoms with van der Waals surface area (Å²) in [5.41, 5.74) is 1.26. The van der Waals surface area contributed by atoms with Gasteiger partial charge in [0.1, 0.15) is 5.00 Å². The number of imide groups is 1. The highest BCUT2D eigenvalue weighted by Crippen LogP contribution is 2.31. The maximum Gasteiger partial charge on any atom is 0.342 e. The highest BCUT2D eigenvalue weighted by atomic mass is 32.1. The fourth-order valence-corrected chi connectivity index (χ4v) is 3.55. The number of ether oxygens (including phenoxy) is 1. The Morgan fingerprint density at radius 2 is 1.88 bits per heavy atom. The number of nitrogens with one attached hydrogen (secondary N) is 2. The minimum atomic E-state index is -1.08. The Hall–Kier alpha value is -2.61. The van der Waals surface area contributed by atoms with Gasteiger partial charge in [0.15, 0.2) is 6.10 Å². The average molecular weight is 375 g/mol. The first-order valence-corrected chi connectivity index (χ1v) is 9.24. The molecule has 0 radical (unpaired) electrons. The van der Waals surface area contributed by atoms with Crippen molar-refractivity contribution in [3.63, 3.8) is 0 Å². The molecule has 7 nitrogen and oxygen atoms in total. The SMILES string of the molecule is Cc1sc(-n2cccc2)c(C(=O)OC(C)C(=O)NC(=O)NC2CC2)c1C. The molecule has 0 bridgehead atoms. The number of hydrogen-bond donors (Lipinski definition) is 2. The van der Waals surface area contributed by atoms with E-state index in [4.69, 9.17) is 4.74 Å². The average Bonchev–Trinajstić information content (AvgIpc) is 3.11. The highest BCUT2D eigenvalue weighted by molar-refractivity contribution is 7.15. The van der Waals surface area contributed by atoms with E-state index in [1.54, 1.807) is 0 Å². The van der Waals surface area contributed by atoms with Crippen molar-refractivity contribution in [2.24, 2.45) is 0 Å². The first kappa shape index (κ1) is 18.2. The van der Waals surface area contributed by atoms with Gasteiger partial charge in [-0.2, -0.15) is 0 Å². The monoisotopic (exact) mass is 375 g/mol. The number of hydrogen-bond acceptors (Lipinski definition) is 5. The largest absolute Gasteiger partial charge is 0.449 e. The zero-order chi connectivity index (χ0) is 18.8. The fourth-order valence-electron chi connectivity index (χ4n) is 2.44. The molecule has 0 spiro atoms. The summed E-state index contributed by atoms with van der Waals surface area (Å²) in [4.78, 5) is 37.4. The van der Waals surface area contributed by atoms with Gasteiger partial charge in [-0.15, -0.1) is 11.3 Å². The number of rotatable bonds is 5. The van der Waals surface area contributed by atoms with Crippen LogP contribution in [0.2, 0.25) is 0 Å². The van der Waals surface area contributed by atoms with E-state index in [1.165, 1.54) is 18.3 Å². The lowest BCUT2D eigenvalue weighted by Gasteiger charge is -2.14. The van der Waals surface area contributed by atoms with Gasteiger partial charge in [-0.3, -0.25) is 10.1 Å². The number of esters is 1. The van der Waals surface area contributed by atoms with Gasteiger partial charge in [-0.25, -0.2) is 9.59 Å². The summed E-state index contributed by atoms with van der Waals surface area (Å²) in [5, 5.41) is 5.60. The van der Waals surface area contributed by atoms with Gasteiger partial charge in [-0.1, -0.05) is 0 Å². The molecule has 2 aromatic heterocycles. The van der Waals surface area contributed by atoms with Crippen molar-refractivity contribution >= 4 is 29.2 Å². The molecule has 26 heavy (non-hydrogen) atoms. The van der Waals surface area contributed by atoms with Gasteiger partial charge in [0.25, 0.3) is 5.91 Å². The Bertz CT molecular complexity index is 837. The number of carbonyl (C=O) groups is 3. The number of aryl methyl sites for hydroxylation is 1. The number of thiophene rings is 1. The van der Waals surface area contributed by atoms with Gasteiger partial charge in [-0.05, 0) is 51.3 Å². The molecule has 2 N–H and O–H groups in total. The maximum absolute atomic E-state index is 12.7. The molecule has 1 fully saturated rings. The van der Waals surface area contributed by atoms with Gasteiger partial charge in [0.05, 0.1) is 5.56 Å². The Morgan fingerprint density at radius 1 is 1.23 bits per heavy atom. The smallest absolute Gasteiger partial charge is 0.342 e. The predicted molar refractivity (Wildman–Crippen MR) is 97.7 cm³/mol. The van der Waals surface area contributed by atoms with Crippen LogP contribution in [0.1, 0.15) is 40.6 Å². The minimum absolute atomic E-state index is 0.140. The molecule has 3 amide bonds. The molecule has 2 aromatic rings. The standard InChI is InChI=1S/C18H21N3O4S/c1-10-12(3)26-16(21-8-4-5-9-21)14(10)17(23)25-11(2)15(22)20-18(24)19-13-6-7-13/h4-5,8-9,11,13H,6-7H2,1-3H3,(H2,19,20,22,24). The van der Waals surface area contributed by atoms with Gasteiger partial charge in [0.2, 0.25) is 0 Å². The summed E-state index contributed by atoms with van der Waals surface area (Å²) in [5.74, 6) is -1.23. The van der Waals surface area contributed by atoms with Crippen LogP contribution >= 0.6 is 11.3 Å². The van der Waals surface area contributed by atoms with Crippen molar-refractivity contribution in [1.29, 1.82) is 0 Å². The Kier molecular flexibility index (Phi) is 5.13. The maximum atomic E-state index is 12.7. The van der Waals surface area contributed by atoms with Crippen molar-refractivity contribution in [2.45, 2.75) is 45.8 Å². The van der Waals surface area contributed by atoms with E-state index in [-0.39, 0.29) is 6.04 Å². The normalized spacial score (nSPS) is 14.6. The molecule has 138 valence electrons. The summed E-state index contributed by atoms with van der Waals surface area (Å²) in [7, 11) is 0. The predicted octanol–water partition coefficient (Wildman–Crippen LogP) is 2.69. The third-order valence-electron chi connectivity index (χ3n) is 4.21. The van der Waals surface area contributed by atoms with Crippen LogP contribution in [0.5, 0.6) is 0 Å². The van der Waals surface area contributed by atoms with Crippen LogP contribution in [0.25, 0.3) is 5.00 Å². The lowest BCUT2D eigenvalue weighted by atomic mass is 10.1. The van der Waals surface area contributed by atoms with Crippen molar-refractivity contribution in [3.05, 3.63) is 40.5 Å². The number of nitrogens with zero attached hydrogens (tertiary/aromatic N) is 1. The number of aromatic nitrogens is 1. The zero-order valence-electron chi connectivity index (χ0n) is 14.9. The van der Waals surface area contributed by atoms with E-state index in [9.17, 15) is 14.4 Å². The van der Waals surface area contributed by atoms with Crippen LogP contribution in [-0.4, -0.2) is 34.6 Å². The van der Waals surface area contributed by atoms with E-state index in [2.05, 4.69) is 10.6 Å². The van der Waals surface area contributed by atoms with E-state index in [0.717, 1.165) is 28.3 Å². The number of amides is 3. The lowest BCUT2D eigenvalue weighted by molar-refractivity contribution is -0.127. The number of carbonyl (C=O) groups excluding carboxylic acids is 3. The summed E-state index contributed by atoms with van der Waals surface area (Å²) in [6, 6.07) is 3.32. The lowest BCUT2D eigenvalue weighted by Crippen LogP contribution is -2.45. The molecule has 1 atom stereocenters. The third-order valence-corrected chi connectivity index (χ3v) is 5.43. The number of urea groups is 1. The highest BCUT2D eigenvalue weighted by Gasteiger charge is 2.28. The summed E-state index contributed by atoms with van der Waals surface area (Å²) < 4.78 is 7.16. The van der Waals surface area contributed by atoms with Gasteiger partial charge >= 0.3 is 12.0 Å². The molecule has 0 aliphatic heterocycles. The Labute approximate surface area is 155 Å². The minimum Gasteiger partial charge on any atom is -0.449 e. The first-order chi connectivity index (χ1) is 12.4. The van der Waals surface area contributed by atoms with Crippen LogP contribution in [0.4, 0.5) is 4.79 Å². The molecule has 1 aliphatic carbocycles. The van der Waals surface area contributed by atoms with Gasteiger partial charge < -0.3 is 14.6 Å². The Balaban J connectivity index is 1.69. The topological polar surface area (TPSA) is 89.4 Å². The van der Waals surface area contributed by atoms with E-state index in [0.29, 0.717) is 5.56 Å². The fraction of sp³-hybridized carbons (Fsp3) is 0.389. The summed E-state index contributed by atoms with van der Waals surface area (Å²) in [6.45, 7) is 5.23. The second-order valence-electron chi connectivity index (χ2n) is 6.34. The van der Waals surface area contributed by atoms with Crippen molar-refractivity contribution in [1.82, 2.24) is 15.2 Å². The molecule has 3 rings (SSSR count). The van der Waals surface area contributed by atoms with E-state index < -0.39 is 24.0 Å². The van der Waals surface area contributed by atoms with Crippen molar-refractivity contribution in [2.75, 3.05) is 0 Å². The summed E-state index contributed by atoms with van der Waals surface area (Å²) in [6.07, 6.45) is 4.46. The molecule has 2 heterocycles. The van der Waals surface area contributed by atoms with Crippen LogP contribution in [-0.2, 0) is 9.53 Å². The second-order valence-corrected chi connectivity index (χ2v) is 7.54. The molecule has 1 unspecified atom stereocenters. The quantitative estimate of drug-likeness (QED) is 0.787. The molecule has 8 heteroatoms. The Morgan fingerprint density at radius 3 is 2.50 bits per heavy atom. The molecular formula is C18H21N3O4S. The van der Waals surface area contributed by atoms with Crippen molar-refractivity contribution < 1.29 is 19.1 Å². The van der Waals surface area contributed by atoms with Crippen molar-refractivity contribution in [3.8, 4) is 5.00 Å². The third kappa shape index (κ3) is 3.96. The molecular weight excluding hydrogens is 354 g/mol. The van der Waals surface area contributed by atoms with Crippen LogP contribution in [0, 0.1) is 13.8 Å². The second kappa shape index (κ2) is 7.33. The van der Waals surface area contributed by atoms with Crippen LogP contribution in [0.3, 0.4) is 0 Å². The van der Waals surface area contributed by atoms with Crippen LogP contribution < -0.4 is 10.6 Å². The van der Waals surface area contributed by atoms with Gasteiger partial charge in [0, 0.05) is 23.3 Å². The van der Waals surface area contributed by atoms with Crippen LogP contribution in [0.15, 0.2) is 24.5 Å². The molecule has 0 aromatic carbocycles. The first-order valence-electron chi connectivity index (χ1n) is 8.42. The zero-order valence-corrected chi connectivity index (χ0v) is 15.7.